The number of fused-ring (bicyclic) bond motifs is 2. The fourth-order valence-corrected chi connectivity index (χ4v) is 19.6. The zero-order chi connectivity index (χ0) is 77.6. The molecule has 4 atom stereocenters. The molecule has 0 radical (unpaired) electrons. The molecule has 5 fully saturated rings. The molecule has 4 bridgehead atoms. The second-order valence-electron chi connectivity index (χ2n) is 31.5. The topological polar surface area (TPSA) is 389 Å². The van der Waals surface area contributed by atoms with Gasteiger partial charge in [-0.1, -0.05) is 81.9 Å². The molecule has 9 amide bonds. The van der Waals surface area contributed by atoms with Crippen LogP contribution in [0.15, 0.2) is 97.2 Å². The van der Waals surface area contributed by atoms with E-state index in [0.717, 1.165) is 70.5 Å². The number of anilines is 3. The third-order valence-electron chi connectivity index (χ3n) is 22.3. The molecule has 1 saturated heterocycles. The smallest absolute Gasteiger partial charge is 0.410 e. The summed E-state index contributed by atoms with van der Waals surface area (Å²) in [6.45, 7) is 13.4. The Labute approximate surface area is 637 Å². The van der Waals surface area contributed by atoms with Gasteiger partial charge >= 0.3 is 18.1 Å². The van der Waals surface area contributed by atoms with Crippen molar-refractivity contribution in [3.63, 3.8) is 0 Å². The van der Waals surface area contributed by atoms with E-state index in [1.807, 2.05) is 69.9 Å². The Morgan fingerprint density at radius 1 is 0.798 bits per heavy atom. The Morgan fingerprint density at radius 2 is 1.53 bits per heavy atom. The van der Waals surface area contributed by atoms with Gasteiger partial charge in [-0.15, -0.1) is 0 Å². The van der Waals surface area contributed by atoms with Gasteiger partial charge < -0.3 is 51.4 Å². The van der Waals surface area contributed by atoms with Gasteiger partial charge in [0.15, 0.2) is 10.8 Å². The average molecular weight is 1540 g/mol. The molecule has 3 aromatic heterocycles. The number of nitrogens with zero attached hydrogens (tertiary/aromatic N) is 8. The number of nitrogens with one attached hydrogen (secondary N) is 5. The highest BCUT2D eigenvalue weighted by Gasteiger charge is 2.66. The van der Waals surface area contributed by atoms with Crippen molar-refractivity contribution in [3.8, 4) is 11.1 Å². The standard InChI is InChI=1S/C78H98N14O15S2/c1-49(2)66(86-63(93)18-7-6-10-31-91-64(94)25-26-65(91)95)70(98)83-60(16-12-30-80-72(79)101)69(97)82-53-21-19-51(20-22-53)41-106-74(102)89-33-28-54(29-34-89)88(36-38-109(103,104)105)35-37-107-78-45-75(4)42-76(5,46-78)44-77(43-75,47-78)48-92-50(3)57(39-81-92)55-23-24-62(85-67(55)71(99)100)90-32-27-52-13-11-14-56(58(52)40-90)68(96)87-73-84-59-15-8-9-17-61(59)108-73/h8-9,11,13-15,17,19-26,39,49,54,60,66H,6-7,10,12,16,18,27-38,40-48H2,1-5H3,(H,82,97)(H,83,98)(H,86,93)(H,99,100)(H3,79,80,101)(H,84,87,96)(H,103,104,105)/t60-,66-,75?,76?,77?,78?/m0/s1. The number of nitrogens with two attached hydrogens (primary N) is 1. The molecular weight excluding hydrogens is 1440 g/mol. The summed E-state index contributed by atoms with van der Waals surface area (Å²) in [4.78, 5) is 133. The van der Waals surface area contributed by atoms with Gasteiger partial charge in [0.2, 0.25) is 17.7 Å². The van der Waals surface area contributed by atoms with Gasteiger partial charge in [0, 0.05) is 112 Å². The first-order valence-corrected chi connectivity index (χ1v) is 40.0. The number of aromatic nitrogens is 4. The Hall–Kier alpha value is -9.69. The van der Waals surface area contributed by atoms with E-state index in [0.29, 0.717) is 123 Å². The maximum atomic E-state index is 13.8. The zero-order valence-electron chi connectivity index (χ0n) is 62.3. The highest BCUT2D eigenvalue weighted by molar-refractivity contribution is 7.85. The second-order valence-corrected chi connectivity index (χ2v) is 34.1. The van der Waals surface area contributed by atoms with Gasteiger partial charge in [-0.05, 0) is 172 Å². The molecule has 2 unspecified atom stereocenters. The molecule has 13 rings (SSSR count). The van der Waals surface area contributed by atoms with E-state index in [2.05, 4.69) is 45.4 Å². The summed E-state index contributed by atoms with van der Waals surface area (Å²) in [7, 11) is -4.33. The third-order valence-corrected chi connectivity index (χ3v) is 23.9. The predicted molar refractivity (Wildman–Crippen MR) is 409 cm³/mol. The minimum absolute atomic E-state index is 0.0391. The van der Waals surface area contributed by atoms with E-state index in [9.17, 15) is 61.2 Å². The number of aromatic carboxylic acids is 1. The first kappa shape index (κ1) is 78.9. The number of rotatable bonds is 33. The first-order valence-electron chi connectivity index (χ1n) is 37.5. The van der Waals surface area contributed by atoms with Gasteiger partial charge in [-0.25, -0.2) is 24.4 Å². The van der Waals surface area contributed by atoms with E-state index in [-0.39, 0.29) is 103 Å². The molecule has 3 aromatic carbocycles. The molecule has 6 heterocycles. The molecule has 9 N–H and O–H groups in total. The number of imide groups is 1. The number of hydrogen-bond acceptors (Lipinski definition) is 19. The molecule has 6 aromatic rings. The van der Waals surface area contributed by atoms with Crippen LogP contribution in [-0.2, 0) is 69.7 Å². The van der Waals surface area contributed by atoms with E-state index in [4.69, 9.17) is 25.3 Å². The van der Waals surface area contributed by atoms with Crippen LogP contribution < -0.4 is 37.2 Å². The fourth-order valence-electron chi connectivity index (χ4n) is 18.3. The maximum absolute atomic E-state index is 13.8. The number of urea groups is 1. The lowest BCUT2D eigenvalue weighted by Crippen LogP contribution is -2.64. The summed E-state index contributed by atoms with van der Waals surface area (Å²) < 4.78 is 50.5. The summed E-state index contributed by atoms with van der Waals surface area (Å²) in [5.41, 5.74) is 10.6. The number of carbonyl (C=O) groups is 9. The number of ether oxygens (including phenoxy) is 2. The van der Waals surface area contributed by atoms with Crippen LogP contribution in [0.1, 0.15) is 161 Å². The third kappa shape index (κ3) is 19.3. The molecule has 7 aliphatic rings. The summed E-state index contributed by atoms with van der Waals surface area (Å²) in [5.74, 6) is -4.06. The highest BCUT2D eigenvalue weighted by atomic mass is 32.2. The fraction of sp³-hybridized carbons (Fsp3) is 0.513. The van der Waals surface area contributed by atoms with Crippen LogP contribution in [-0.4, -0.2) is 188 Å². The molecule has 31 heteroatoms. The van der Waals surface area contributed by atoms with Crippen LogP contribution in [0, 0.1) is 29.1 Å². The number of primary amides is 1. The van der Waals surface area contributed by atoms with Gasteiger partial charge in [-0.2, -0.15) is 13.5 Å². The van der Waals surface area contributed by atoms with Crippen molar-refractivity contribution in [2.24, 2.45) is 27.9 Å². The lowest BCUT2D eigenvalue weighted by atomic mass is 9.39. The lowest BCUT2D eigenvalue weighted by Gasteiger charge is -2.69. The number of para-hydroxylation sites is 1. The molecule has 29 nitrogen and oxygen atoms in total. The van der Waals surface area contributed by atoms with Gasteiger partial charge in [0.1, 0.15) is 24.5 Å². The summed E-state index contributed by atoms with van der Waals surface area (Å²) in [6, 6.07) is 20.7. The van der Waals surface area contributed by atoms with Crippen LogP contribution in [0.5, 0.6) is 0 Å². The Morgan fingerprint density at radius 3 is 2.23 bits per heavy atom. The summed E-state index contributed by atoms with van der Waals surface area (Å²) >= 11 is 1.41. The van der Waals surface area contributed by atoms with Crippen LogP contribution in [0.25, 0.3) is 21.3 Å². The van der Waals surface area contributed by atoms with Gasteiger partial charge in [0.25, 0.3) is 27.8 Å². The van der Waals surface area contributed by atoms with Crippen LogP contribution in [0.2, 0.25) is 0 Å². The quantitative estimate of drug-likeness (QED) is 0.0108. The normalized spacial score (nSPS) is 21.6. The number of benzene rings is 3. The SMILES string of the molecule is Cc1c(-c2ccc(N3CCc4cccc(C(=O)Nc5nc6ccccc6s5)c4C3)nc2C(=O)O)cnn1CC12CC3(C)CC(C)(C1)CC(OCCN(CCS(=O)(=O)O)C1CCN(C(=O)OCc4ccc(NC(=O)[C@H](CCCNC(N)=O)NC(=O)[C@@H](NC(=O)CCCCCN5C(=O)C=CC5=O)C(C)C)cc4)CC1)(C3)C2. The van der Waals surface area contributed by atoms with Crippen molar-refractivity contribution in [3.05, 3.63) is 131 Å². The second kappa shape index (κ2) is 33.3. The molecule has 3 aliphatic heterocycles. The van der Waals surface area contributed by atoms with Crippen molar-refractivity contribution in [2.45, 2.75) is 174 Å². The van der Waals surface area contributed by atoms with Crippen molar-refractivity contribution >= 4 is 102 Å². The number of thiazole rings is 1. The molecule has 4 saturated carbocycles. The Balaban J connectivity index is 0.626. The van der Waals surface area contributed by atoms with Crippen LogP contribution in [0.4, 0.5) is 26.2 Å². The number of likely N-dealkylation sites (tertiary alicyclic amines) is 1. The van der Waals surface area contributed by atoms with E-state index in [1.165, 1.54) is 23.5 Å². The molecular formula is C78H98N14O15S2. The number of piperidine rings is 1. The number of hydrogen-bond donors (Lipinski definition) is 8. The lowest BCUT2D eigenvalue weighted by molar-refractivity contribution is -0.249. The summed E-state index contributed by atoms with van der Waals surface area (Å²) in [5, 5.41) is 30.1. The van der Waals surface area contributed by atoms with E-state index in [1.54, 1.807) is 55.3 Å². The monoisotopic (exact) mass is 1530 g/mol. The number of pyridine rings is 1. The molecule has 109 heavy (non-hydrogen) atoms. The highest BCUT2D eigenvalue weighted by Crippen LogP contribution is 2.72. The van der Waals surface area contributed by atoms with Crippen molar-refractivity contribution in [1.29, 1.82) is 0 Å². The predicted octanol–water partition coefficient (Wildman–Crippen LogP) is 9.00. The van der Waals surface area contributed by atoms with Gasteiger partial charge in [0.05, 0.1) is 34.4 Å². The average Bonchev–Trinajstić information content (AvgIpc) is 1.24. The molecule has 582 valence electrons. The summed E-state index contributed by atoms with van der Waals surface area (Å²) in [6.07, 6.45) is 12.7. The number of carboxylic acids is 1. The number of carboxylic acid groups (broad SMARTS) is 1. The van der Waals surface area contributed by atoms with Crippen molar-refractivity contribution in [1.82, 2.24) is 50.4 Å². The van der Waals surface area contributed by atoms with Crippen LogP contribution in [0.3, 0.4) is 0 Å². The van der Waals surface area contributed by atoms with Crippen molar-refractivity contribution in [2.75, 3.05) is 73.7 Å². The van der Waals surface area contributed by atoms with Crippen molar-refractivity contribution < 1.29 is 70.7 Å². The minimum atomic E-state index is -4.33. The number of unbranched alkanes of at least 4 members (excludes halogenated alkanes) is 2. The number of carbonyl (C=O) groups excluding carboxylic acids is 8. The van der Waals surface area contributed by atoms with Crippen LogP contribution >= 0.6 is 11.3 Å². The maximum Gasteiger partial charge on any atom is 0.410 e. The number of amides is 9. The molecule has 0 spiro atoms. The van der Waals surface area contributed by atoms with Gasteiger partial charge in [-0.3, -0.25) is 53.1 Å². The van der Waals surface area contributed by atoms with E-state index < -0.39 is 63.5 Å². The van der Waals surface area contributed by atoms with E-state index >= 15 is 0 Å². The first-order chi connectivity index (χ1) is 51.9. The zero-order valence-corrected chi connectivity index (χ0v) is 63.9. The minimum Gasteiger partial charge on any atom is -0.476 e. The Kier molecular flexibility index (Phi) is 24.1. The molecule has 4 aliphatic carbocycles. The Bertz CT molecular complexity index is 4520. The largest absolute Gasteiger partial charge is 0.476 e.